The number of carbonyl (C=O) groups excluding carboxylic acids is 1. The lowest BCUT2D eigenvalue weighted by Crippen LogP contribution is -2.25. The van der Waals surface area contributed by atoms with Gasteiger partial charge in [-0.3, -0.25) is 4.79 Å². The molecular formula is C8H4Br2N2O. The molecule has 0 spiro atoms. The standard InChI is InChI=1S/C8H4Br2N2O/c9-5-1-4-7(2-6(5)10)11-3-12-8(4)13/h1-4H. The van der Waals surface area contributed by atoms with Gasteiger partial charge in [-0.1, -0.05) is 6.08 Å². The Hall–Kier alpha value is -0.550. The fraction of sp³-hybridized carbons (Fsp3) is 0.125. The lowest BCUT2D eigenvalue weighted by atomic mass is 9.97. The molecule has 2 aliphatic rings. The Kier molecular flexibility index (Phi) is 2.29. The molecule has 0 aromatic carbocycles. The number of halogens is 2. The Morgan fingerprint density at radius 2 is 2.08 bits per heavy atom. The van der Waals surface area contributed by atoms with Gasteiger partial charge in [0.05, 0.1) is 5.71 Å². The van der Waals surface area contributed by atoms with Gasteiger partial charge >= 0.3 is 0 Å². The van der Waals surface area contributed by atoms with Crippen LogP contribution in [0.3, 0.4) is 0 Å². The topological polar surface area (TPSA) is 41.8 Å². The number of amides is 1. The minimum absolute atomic E-state index is 0.168. The van der Waals surface area contributed by atoms with Crippen LogP contribution in [0.2, 0.25) is 0 Å². The molecule has 0 saturated carbocycles. The van der Waals surface area contributed by atoms with Crippen LogP contribution in [0.5, 0.6) is 0 Å². The number of aliphatic imine (C=N–C) groups is 2. The Balaban J connectivity index is 2.47. The Bertz CT molecular complexity index is 393. The van der Waals surface area contributed by atoms with Crippen molar-refractivity contribution in [2.75, 3.05) is 0 Å². The van der Waals surface area contributed by atoms with E-state index in [2.05, 4.69) is 41.8 Å². The van der Waals surface area contributed by atoms with Gasteiger partial charge in [0.1, 0.15) is 12.3 Å². The highest BCUT2D eigenvalue weighted by molar-refractivity contribution is 9.15. The molecular weight excluding hydrogens is 300 g/mol. The summed E-state index contributed by atoms with van der Waals surface area (Å²) in [5.74, 6) is -0.487. The smallest absolute Gasteiger partial charge is 0.260 e. The fourth-order valence-electron chi connectivity index (χ4n) is 1.15. The number of hydrogen-bond acceptors (Lipinski definition) is 2. The van der Waals surface area contributed by atoms with Crippen molar-refractivity contribution in [1.29, 1.82) is 0 Å². The minimum Gasteiger partial charge on any atom is -0.271 e. The van der Waals surface area contributed by atoms with Gasteiger partial charge in [0.2, 0.25) is 0 Å². The van der Waals surface area contributed by atoms with E-state index in [1.54, 1.807) is 6.08 Å². The molecule has 1 unspecified atom stereocenters. The average molecular weight is 304 g/mol. The monoisotopic (exact) mass is 302 g/mol. The SMILES string of the molecule is O=C1N=CN=C2C=C(Br)C(Br)=CC12. The summed E-state index contributed by atoms with van der Waals surface area (Å²) in [4.78, 5) is 18.9. The highest BCUT2D eigenvalue weighted by Crippen LogP contribution is 2.31. The highest BCUT2D eigenvalue weighted by atomic mass is 79.9. The summed E-state index contributed by atoms with van der Waals surface area (Å²) in [6.07, 6.45) is 4.90. The summed E-state index contributed by atoms with van der Waals surface area (Å²) in [5, 5.41) is 0. The summed E-state index contributed by atoms with van der Waals surface area (Å²) < 4.78 is 1.76. The third-order valence-corrected chi connectivity index (χ3v) is 3.67. The first-order chi connectivity index (χ1) is 6.18. The third kappa shape index (κ3) is 1.58. The lowest BCUT2D eigenvalue weighted by Gasteiger charge is -2.17. The normalized spacial score (nSPS) is 26.2. The number of hydrogen-bond donors (Lipinski definition) is 0. The summed E-state index contributed by atoms with van der Waals surface area (Å²) >= 11 is 6.67. The van der Waals surface area contributed by atoms with E-state index in [1.165, 1.54) is 6.34 Å². The molecule has 0 saturated heterocycles. The zero-order valence-electron chi connectivity index (χ0n) is 6.37. The van der Waals surface area contributed by atoms with E-state index in [4.69, 9.17) is 0 Å². The third-order valence-electron chi connectivity index (χ3n) is 1.79. The number of fused-ring (bicyclic) bond motifs is 1. The van der Waals surface area contributed by atoms with E-state index in [9.17, 15) is 4.79 Å². The van der Waals surface area contributed by atoms with E-state index in [1.807, 2.05) is 6.08 Å². The van der Waals surface area contributed by atoms with Gasteiger partial charge in [0.25, 0.3) is 5.91 Å². The van der Waals surface area contributed by atoms with Crippen molar-refractivity contribution in [3.8, 4) is 0 Å². The van der Waals surface area contributed by atoms with E-state index in [0.29, 0.717) is 0 Å². The van der Waals surface area contributed by atoms with E-state index in [-0.39, 0.29) is 11.8 Å². The number of rotatable bonds is 0. The summed E-state index contributed by atoms with van der Waals surface area (Å²) in [6, 6.07) is 0. The summed E-state index contributed by atoms with van der Waals surface area (Å²) in [5.41, 5.74) is 0.732. The predicted octanol–water partition coefficient (Wildman–Crippen LogP) is 2.18. The summed E-state index contributed by atoms with van der Waals surface area (Å²) in [6.45, 7) is 0. The van der Waals surface area contributed by atoms with Gasteiger partial charge < -0.3 is 0 Å². The molecule has 5 heteroatoms. The first-order valence-corrected chi connectivity index (χ1v) is 5.16. The van der Waals surface area contributed by atoms with E-state index >= 15 is 0 Å². The maximum absolute atomic E-state index is 11.3. The minimum atomic E-state index is -0.319. The maximum Gasteiger partial charge on any atom is 0.260 e. The first kappa shape index (κ1) is 9.02. The van der Waals surface area contributed by atoms with Crippen molar-refractivity contribution in [2.45, 2.75) is 0 Å². The molecule has 0 aromatic heterocycles. The quantitative estimate of drug-likeness (QED) is 0.676. The highest BCUT2D eigenvalue weighted by Gasteiger charge is 2.26. The van der Waals surface area contributed by atoms with Crippen LogP contribution in [0.1, 0.15) is 0 Å². The van der Waals surface area contributed by atoms with Gasteiger partial charge in [-0.15, -0.1) is 0 Å². The molecule has 0 N–H and O–H groups in total. The fourth-order valence-corrected chi connectivity index (χ4v) is 1.89. The lowest BCUT2D eigenvalue weighted by molar-refractivity contribution is -0.118. The van der Waals surface area contributed by atoms with Crippen LogP contribution >= 0.6 is 31.9 Å². The second-order valence-corrected chi connectivity index (χ2v) is 4.33. The number of nitrogens with zero attached hydrogens (tertiary/aromatic N) is 2. The molecule has 66 valence electrons. The van der Waals surface area contributed by atoms with Crippen LogP contribution in [-0.4, -0.2) is 18.0 Å². The second kappa shape index (κ2) is 3.31. The van der Waals surface area contributed by atoms with Crippen LogP contribution in [-0.2, 0) is 4.79 Å². The number of allylic oxidation sites excluding steroid dienone is 3. The van der Waals surface area contributed by atoms with Crippen LogP contribution in [0.25, 0.3) is 0 Å². The zero-order chi connectivity index (χ0) is 9.42. The van der Waals surface area contributed by atoms with Crippen molar-refractivity contribution in [3.63, 3.8) is 0 Å². The molecule has 1 atom stereocenters. The molecule has 1 amide bonds. The van der Waals surface area contributed by atoms with Crippen LogP contribution in [0, 0.1) is 5.92 Å². The Labute approximate surface area is 91.6 Å². The summed E-state index contributed by atoms with van der Waals surface area (Å²) in [7, 11) is 0. The molecule has 1 aliphatic carbocycles. The molecule has 3 nitrogen and oxygen atoms in total. The molecule has 1 heterocycles. The van der Waals surface area contributed by atoms with Crippen LogP contribution in [0.15, 0.2) is 31.1 Å². The Morgan fingerprint density at radius 3 is 2.85 bits per heavy atom. The average Bonchev–Trinajstić information content (AvgIpc) is 2.09. The van der Waals surface area contributed by atoms with Gasteiger partial charge in [-0.05, 0) is 37.9 Å². The first-order valence-electron chi connectivity index (χ1n) is 3.57. The molecule has 0 fully saturated rings. The van der Waals surface area contributed by atoms with Crippen molar-refractivity contribution in [2.24, 2.45) is 15.9 Å². The molecule has 0 radical (unpaired) electrons. The molecule has 0 aromatic rings. The van der Waals surface area contributed by atoms with Gasteiger partial charge in [0, 0.05) is 8.96 Å². The van der Waals surface area contributed by atoms with Crippen LogP contribution < -0.4 is 0 Å². The van der Waals surface area contributed by atoms with Gasteiger partial charge in [-0.2, -0.15) is 0 Å². The largest absolute Gasteiger partial charge is 0.271 e. The molecule has 0 bridgehead atoms. The van der Waals surface area contributed by atoms with Crippen molar-refractivity contribution < 1.29 is 4.79 Å². The van der Waals surface area contributed by atoms with Crippen molar-refractivity contribution >= 4 is 49.8 Å². The molecule has 1 aliphatic heterocycles. The second-order valence-electron chi connectivity index (χ2n) is 2.62. The van der Waals surface area contributed by atoms with Crippen molar-refractivity contribution in [3.05, 3.63) is 21.1 Å². The zero-order valence-corrected chi connectivity index (χ0v) is 9.54. The molecule has 2 rings (SSSR count). The maximum atomic E-state index is 11.3. The van der Waals surface area contributed by atoms with Crippen molar-refractivity contribution in [1.82, 2.24) is 0 Å². The van der Waals surface area contributed by atoms with E-state index in [0.717, 1.165) is 14.7 Å². The van der Waals surface area contributed by atoms with Gasteiger partial charge in [-0.25, -0.2) is 9.98 Å². The Morgan fingerprint density at radius 1 is 1.31 bits per heavy atom. The number of carbonyl (C=O) groups is 1. The molecule has 13 heavy (non-hydrogen) atoms. The van der Waals surface area contributed by atoms with Crippen LogP contribution in [0.4, 0.5) is 0 Å². The van der Waals surface area contributed by atoms with E-state index < -0.39 is 0 Å². The predicted molar refractivity (Wildman–Crippen MR) is 58.4 cm³/mol. The van der Waals surface area contributed by atoms with Gasteiger partial charge in [0.15, 0.2) is 0 Å².